The van der Waals surface area contributed by atoms with Crippen LogP contribution in [0.1, 0.15) is 19.3 Å². The molecule has 0 bridgehead atoms. The molecular weight excluding hydrogens is 404 g/mol. The van der Waals surface area contributed by atoms with Crippen LogP contribution >= 0.6 is 0 Å². The fourth-order valence-electron chi connectivity index (χ4n) is 3.97. The van der Waals surface area contributed by atoms with Crippen molar-refractivity contribution in [1.29, 1.82) is 0 Å². The van der Waals surface area contributed by atoms with Crippen LogP contribution in [0, 0.1) is 5.92 Å². The number of aryl methyl sites for hydroxylation is 1. The van der Waals surface area contributed by atoms with Crippen molar-refractivity contribution in [1.82, 2.24) is 34.4 Å². The Balaban J connectivity index is 1.41. The Bertz CT molecular complexity index is 1110. The zero-order valence-electron chi connectivity index (χ0n) is 17.4. The maximum absolute atomic E-state index is 11.4. The van der Waals surface area contributed by atoms with Gasteiger partial charge in [-0.1, -0.05) is 0 Å². The van der Waals surface area contributed by atoms with E-state index in [1.165, 1.54) is 6.26 Å². The van der Waals surface area contributed by atoms with Crippen molar-refractivity contribution in [2.75, 3.05) is 37.0 Å². The second kappa shape index (κ2) is 8.68. The third-order valence-corrected chi connectivity index (χ3v) is 6.39. The van der Waals surface area contributed by atoms with Crippen LogP contribution in [0.5, 0.6) is 0 Å². The number of hydrogen-bond acceptors (Lipinski definition) is 8. The summed E-state index contributed by atoms with van der Waals surface area (Å²) >= 11 is 0. The number of hydrogen-bond donors (Lipinski definition) is 1. The fraction of sp³-hybridized carbons (Fsp3) is 0.579. The molecule has 3 aromatic rings. The number of sulfone groups is 1. The van der Waals surface area contributed by atoms with Gasteiger partial charge in [0.1, 0.15) is 9.84 Å². The molecule has 10 nitrogen and oxygen atoms in total. The van der Waals surface area contributed by atoms with Gasteiger partial charge in [0.2, 0.25) is 5.95 Å². The third-order valence-electron chi connectivity index (χ3n) is 5.36. The second-order valence-corrected chi connectivity index (χ2v) is 10.4. The number of nitrogens with zero attached hydrogens (tertiary/aromatic N) is 7. The highest BCUT2D eigenvalue weighted by Gasteiger charge is 2.21. The first-order chi connectivity index (χ1) is 14.4. The van der Waals surface area contributed by atoms with E-state index in [0.717, 1.165) is 55.7 Å². The van der Waals surface area contributed by atoms with Gasteiger partial charge in [0.05, 0.1) is 29.2 Å². The molecule has 0 spiro atoms. The van der Waals surface area contributed by atoms with Gasteiger partial charge in [-0.25, -0.2) is 18.1 Å². The summed E-state index contributed by atoms with van der Waals surface area (Å²) in [7, 11) is -1.04. The van der Waals surface area contributed by atoms with Crippen LogP contribution in [0.2, 0.25) is 0 Å². The zero-order chi connectivity index (χ0) is 21.1. The van der Waals surface area contributed by atoms with Gasteiger partial charge >= 0.3 is 0 Å². The average Bonchev–Trinajstić information content (AvgIpc) is 3.27. The summed E-state index contributed by atoms with van der Waals surface area (Å²) in [6.45, 7) is 3.60. The van der Waals surface area contributed by atoms with Crippen molar-refractivity contribution in [3.8, 4) is 0 Å². The fourth-order valence-corrected chi connectivity index (χ4v) is 4.63. The topological polar surface area (TPSA) is 111 Å². The summed E-state index contributed by atoms with van der Waals surface area (Å²) in [5, 5.41) is 12.8. The minimum atomic E-state index is -2.90. The van der Waals surface area contributed by atoms with E-state index in [-0.39, 0.29) is 5.75 Å². The van der Waals surface area contributed by atoms with Gasteiger partial charge in [0.25, 0.3) is 0 Å². The number of rotatable bonds is 8. The normalized spacial score (nSPS) is 18.1. The molecule has 1 N–H and O–H groups in total. The number of fused-ring (bicyclic) bond motifs is 1. The molecule has 0 amide bonds. The van der Waals surface area contributed by atoms with Crippen LogP contribution in [-0.2, 0) is 23.4 Å². The highest BCUT2D eigenvalue weighted by atomic mass is 32.2. The van der Waals surface area contributed by atoms with E-state index in [0.29, 0.717) is 18.3 Å². The van der Waals surface area contributed by atoms with Crippen LogP contribution in [0.3, 0.4) is 0 Å². The Morgan fingerprint density at radius 2 is 2.10 bits per heavy atom. The van der Waals surface area contributed by atoms with Crippen molar-refractivity contribution in [2.45, 2.75) is 25.8 Å². The van der Waals surface area contributed by atoms with Gasteiger partial charge in [-0.2, -0.15) is 15.2 Å². The Labute approximate surface area is 176 Å². The van der Waals surface area contributed by atoms with E-state index in [1.807, 2.05) is 17.9 Å². The summed E-state index contributed by atoms with van der Waals surface area (Å²) in [5.74, 6) is 1.23. The summed E-state index contributed by atoms with van der Waals surface area (Å²) < 4.78 is 26.4. The molecule has 0 saturated carbocycles. The number of anilines is 2. The Morgan fingerprint density at radius 3 is 2.87 bits per heavy atom. The Morgan fingerprint density at radius 1 is 1.23 bits per heavy atom. The van der Waals surface area contributed by atoms with Gasteiger partial charge in [-0.15, -0.1) is 0 Å². The molecule has 4 heterocycles. The van der Waals surface area contributed by atoms with Crippen LogP contribution in [0.4, 0.5) is 11.6 Å². The lowest BCUT2D eigenvalue weighted by atomic mass is 9.98. The molecule has 0 aromatic carbocycles. The maximum atomic E-state index is 11.4. The molecule has 0 radical (unpaired) electrons. The molecule has 11 heteroatoms. The maximum Gasteiger partial charge on any atom is 0.229 e. The van der Waals surface area contributed by atoms with E-state index in [2.05, 4.69) is 30.4 Å². The zero-order valence-corrected chi connectivity index (χ0v) is 18.2. The van der Waals surface area contributed by atoms with Crippen molar-refractivity contribution < 1.29 is 8.42 Å². The van der Waals surface area contributed by atoms with Crippen LogP contribution < -0.4 is 5.32 Å². The molecule has 1 saturated heterocycles. The molecule has 1 atom stereocenters. The lowest BCUT2D eigenvalue weighted by Crippen LogP contribution is -2.38. The Kier molecular flexibility index (Phi) is 6.00. The van der Waals surface area contributed by atoms with Gasteiger partial charge in [-0.05, 0) is 38.3 Å². The van der Waals surface area contributed by atoms with Gasteiger partial charge in [0, 0.05) is 38.8 Å². The highest BCUT2D eigenvalue weighted by Crippen LogP contribution is 2.21. The molecule has 30 heavy (non-hydrogen) atoms. The molecule has 1 aliphatic heterocycles. The number of piperidine rings is 1. The van der Waals surface area contributed by atoms with Crippen molar-refractivity contribution in [2.24, 2.45) is 13.0 Å². The van der Waals surface area contributed by atoms with Crippen molar-refractivity contribution in [3.63, 3.8) is 0 Å². The molecule has 1 fully saturated rings. The van der Waals surface area contributed by atoms with Crippen LogP contribution in [-0.4, -0.2) is 74.5 Å². The monoisotopic (exact) mass is 432 g/mol. The first kappa shape index (κ1) is 20.7. The van der Waals surface area contributed by atoms with Gasteiger partial charge in [-0.3, -0.25) is 4.68 Å². The molecule has 0 aliphatic carbocycles. The van der Waals surface area contributed by atoms with Crippen LogP contribution in [0.15, 0.2) is 24.8 Å². The first-order valence-electron chi connectivity index (χ1n) is 10.2. The minimum Gasteiger partial charge on any atom is -0.321 e. The van der Waals surface area contributed by atoms with Gasteiger partial charge < -0.3 is 10.2 Å². The highest BCUT2D eigenvalue weighted by molar-refractivity contribution is 7.90. The summed E-state index contributed by atoms with van der Waals surface area (Å²) in [6.07, 6.45) is 11.4. The van der Waals surface area contributed by atoms with Crippen molar-refractivity contribution in [3.05, 3.63) is 24.8 Å². The van der Waals surface area contributed by atoms with Crippen LogP contribution in [0.25, 0.3) is 11.0 Å². The molecule has 1 aliphatic rings. The smallest absolute Gasteiger partial charge is 0.229 e. The molecule has 3 aromatic heterocycles. The lowest BCUT2D eigenvalue weighted by Gasteiger charge is -2.32. The summed E-state index contributed by atoms with van der Waals surface area (Å²) in [4.78, 5) is 11.4. The predicted molar refractivity (Wildman–Crippen MR) is 115 cm³/mol. The SMILES string of the molecule is Cn1cc(Nc2ncc3cnn(CC4CCCN(CCCS(C)(=O)=O)C4)c3n2)cn1. The predicted octanol–water partition coefficient (Wildman–Crippen LogP) is 1.45. The first-order valence-corrected chi connectivity index (χ1v) is 12.3. The quantitative estimate of drug-likeness (QED) is 0.569. The number of aromatic nitrogens is 6. The molecule has 1 unspecified atom stereocenters. The molecular formula is C19H28N8O2S. The second-order valence-electron chi connectivity index (χ2n) is 8.12. The van der Waals surface area contributed by atoms with Gasteiger partial charge in [0.15, 0.2) is 5.65 Å². The average molecular weight is 433 g/mol. The summed E-state index contributed by atoms with van der Waals surface area (Å²) in [6, 6.07) is 0. The van der Waals surface area contributed by atoms with E-state index in [9.17, 15) is 8.42 Å². The van der Waals surface area contributed by atoms with E-state index >= 15 is 0 Å². The minimum absolute atomic E-state index is 0.252. The third kappa shape index (κ3) is 5.33. The number of likely N-dealkylation sites (tertiary alicyclic amines) is 1. The largest absolute Gasteiger partial charge is 0.321 e. The molecule has 4 rings (SSSR count). The summed E-state index contributed by atoms with van der Waals surface area (Å²) in [5.41, 5.74) is 1.64. The molecule has 162 valence electrons. The lowest BCUT2D eigenvalue weighted by molar-refractivity contribution is 0.161. The van der Waals surface area contributed by atoms with Crippen molar-refractivity contribution >= 4 is 32.5 Å². The van der Waals surface area contributed by atoms with E-state index < -0.39 is 9.84 Å². The van der Waals surface area contributed by atoms with E-state index in [4.69, 9.17) is 0 Å². The Hall–Kier alpha value is -2.53. The standard InChI is InChI=1S/C19H28N8O2S/c1-25-14-17(11-21-25)23-19-20-9-16-10-22-27(18(16)24-19)13-15-5-3-6-26(12-15)7-4-8-30(2,28)29/h9-11,14-15H,3-8,12-13H2,1-2H3,(H,20,23,24). The van der Waals surface area contributed by atoms with E-state index in [1.54, 1.807) is 23.3 Å². The number of nitrogens with one attached hydrogen (secondary N) is 1.